The van der Waals surface area contributed by atoms with Gasteiger partial charge >= 0.3 is 5.97 Å². The van der Waals surface area contributed by atoms with Gasteiger partial charge in [-0.25, -0.2) is 9.67 Å². The minimum absolute atomic E-state index is 0.00414. The number of carbonyl (C=O) groups excluding carboxylic acids is 1. The fourth-order valence-electron chi connectivity index (χ4n) is 4.34. The van der Waals surface area contributed by atoms with Crippen LogP contribution in [0.2, 0.25) is 0 Å². The van der Waals surface area contributed by atoms with Crippen molar-refractivity contribution in [2.75, 3.05) is 25.7 Å². The Morgan fingerprint density at radius 3 is 2.62 bits per heavy atom. The van der Waals surface area contributed by atoms with Crippen LogP contribution in [0, 0.1) is 0 Å². The van der Waals surface area contributed by atoms with Crippen molar-refractivity contribution in [3.8, 4) is 22.8 Å². The highest BCUT2D eigenvalue weighted by atomic mass is 16.5. The highest BCUT2D eigenvalue weighted by molar-refractivity contribution is 5.81. The molecule has 3 aromatic heterocycles. The van der Waals surface area contributed by atoms with Gasteiger partial charge in [0.05, 0.1) is 62.7 Å². The Morgan fingerprint density at radius 1 is 1.00 bits per heavy atom. The Labute approximate surface area is 231 Å². The average Bonchev–Trinajstić information content (AvgIpc) is 3.60. The molecule has 0 aliphatic carbocycles. The summed E-state index contributed by atoms with van der Waals surface area (Å²) in [6, 6.07) is 11.7. The summed E-state index contributed by atoms with van der Waals surface area (Å²) in [6.45, 7) is 2.99. The van der Waals surface area contributed by atoms with Gasteiger partial charge in [-0.15, -0.1) is 5.10 Å². The first-order chi connectivity index (χ1) is 19.4. The van der Waals surface area contributed by atoms with Gasteiger partial charge in [0.25, 0.3) is 0 Å². The van der Waals surface area contributed by atoms with E-state index in [1.54, 1.807) is 44.4 Å². The van der Waals surface area contributed by atoms with Crippen molar-refractivity contribution in [3.63, 3.8) is 0 Å². The van der Waals surface area contributed by atoms with E-state index in [0.29, 0.717) is 36.9 Å². The van der Waals surface area contributed by atoms with Crippen molar-refractivity contribution < 1.29 is 19.0 Å². The van der Waals surface area contributed by atoms with Gasteiger partial charge < -0.3 is 19.1 Å². The van der Waals surface area contributed by atoms with Crippen molar-refractivity contribution in [1.82, 2.24) is 34.7 Å². The van der Waals surface area contributed by atoms with E-state index in [1.165, 1.54) is 4.68 Å². The van der Waals surface area contributed by atoms with Crippen molar-refractivity contribution >= 4 is 22.7 Å². The molecule has 2 aromatic carbocycles. The van der Waals surface area contributed by atoms with Crippen LogP contribution in [-0.4, -0.2) is 61.5 Å². The highest BCUT2D eigenvalue weighted by Crippen LogP contribution is 2.30. The predicted octanol–water partition coefficient (Wildman–Crippen LogP) is 3.41. The Bertz CT molecular complexity index is 1630. The fraction of sp³-hybridized carbons (Fsp3) is 0.286. The zero-order valence-electron chi connectivity index (χ0n) is 22.8. The summed E-state index contributed by atoms with van der Waals surface area (Å²) in [6.07, 6.45) is 7.17. The molecule has 0 unspecified atom stereocenters. The summed E-state index contributed by atoms with van der Waals surface area (Å²) in [7, 11) is 5.12. The van der Waals surface area contributed by atoms with Gasteiger partial charge in [0.2, 0.25) is 0 Å². The topological polar surface area (TPSA) is 122 Å². The normalized spacial score (nSPS) is 11.0. The zero-order chi connectivity index (χ0) is 28.1. The summed E-state index contributed by atoms with van der Waals surface area (Å²) in [5.41, 5.74) is 5.70. The van der Waals surface area contributed by atoms with Crippen molar-refractivity contribution in [1.29, 1.82) is 0 Å². The number of esters is 1. The smallest absolute Gasteiger partial charge is 0.327 e. The number of rotatable bonds is 11. The summed E-state index contributed by atoms with van der Waals surface area (Å²) in [5, 5.41) is 12.7. The lowest BCUT2D eigenvalue weighted by molar-refractivity contribution is -0.144. The molecule has 0 bridgehead atoms. The Balaban J connectivity index is 1.49. The standard InChI is InChI=1S/C28H30N8O4/c1-5-40-28(37)18-36-17-21(32-33-36)16-35(15-19-6-8-23(38-3)11-27(19)39-4)22-7-9-24-25(10-22)31-26(13-29-24)20-12-30-34(2)14-20/h6-14,17H,5,15-16,18H2,1-4H3. The molecule has 0 radical (unpaired) electrons. The first kappa shape index (κ1) is 26.6. The van der Waals surface area contributed by atoms with E-state index in [4.69, 9.17) is 19.2 Å². The molecule has 40 heavy (non-hydrogen) atoms. The lowest BCUT2D eigenvalue weighted by atomic mass is 10.1. The van der Waals surface area contributed by atoms with E-state index in [2.05, 4.69) is 25.3 Å². The molecule has 0 amide bonds. The lowest BCUT2D eigenvalue weighted by Crippen LogP contribution is -2.23. The second kappa shape index (κ2) is 11.8. The third-order valence-electron chi connectivity index (χ3n) is 6.28. The van der Waals surface area contributed by atoms with Crippen LogP contribution in [0.15, 0.2) is 61.2 Å². The molecule has 12 nitrogen and oxygen atoms in total. The maximum atomic E-state index is 11.9. The Hall–Kier alpha value is -5.00. The molecule has 0 aliphatic heterocycles. The third-order valence-corrected chi connectivity index (χ3v) is 6.28. The van der Waals surface area contributed by atoms with E-state index in [1.807, 2.05) is 49.6 Å². The molecule has 5 rings (SSSR count). The molecule has 3 heterocycles. The number of fused-ring (bicyclic) bond motifs is 1. The van der Waals surface area contributed by atoms with Gasteiger partial charge in [0.1, 0.15) is 23.7 Å². The number of hydrogen-bond donors (Lipinski definition) is 0. The number of benzene rings is 2. The number of carbonyl (C=O) groups is 1. The van der Waals surface area contributed by atoms with Crippen molar-refractivity contribution in [2.24, 2.45) is 7.05 Å². The van der Waals surface area contributed by atoms with Gasteiger partial charge in [-0.05, 0) is 37.3 Å². The first-order valence-electron chi connectivity index (χ1n) is 12.7. The molecule has 0 spiro atoms. The molecule has 5 aromatic rings. The monoisotopic (exact) mass is 542 g/mol. The summed E-state index contributed by atoms with van der Waals surface area (Å²) in [5.74, 6) is 1.05. The molecule has 12 heteroatoms. The van der Waals surface area contributed by atoms with Crippen LogP contribution in [0.1, 0.15) is 18.2 Å². The van der Waals surface area contributed by atoms with Crippen LogP contribution in [-0.2, 0) is 36.2 Å². The molecule has 0 N–H and O–H groups in total. The molecule has 206 valence electrons. The van der Waals surface area contributed by atoms with Crippen LogP contribution in [0.4, 0.5) is 5.69 Å². The van der Waals surface area contributed by atoms with Gasteiger partial charge in [-0.2, -0.15) is 5.10 Å². The number of aryl methyl sites for hydroxylation is 1. The average molecular weight is 543 g/mol. The van der Waals surface area contributed by atoms with Crippen LogP contribution in [0.3, 0.4) is 0 Å². The number of methoxy groups -OCH3 is 2. The number of ether oxygens (including phenoxy) is 3. The minimum atomic E-state index is -0.365. The molecule has 0 saturated heterocycles. The summed E-state index contributed by atoms with van der Waals surface area (Å²) in [4.78, 5) is 23.5. The SMILES string of the molecule is CCOC(=O)Cn1cc(CN(Cc2ccc(OC)cc2OC)c2ccc3ncc(-c4cnn(C)c4)nc3c2)nn1. The maximum absolute atomic E-state index is 11.9. The maximum Gasteiger partial charge on any atom is 0.327 e. The number of aromatic nitrogens is 7. The van der Waals surface area contributed by atoms with Gasteiger partial charge in [0.15, 0.2) is 0 Å². The molecule has 0 atom stereocenters. The number of hydrogen-bond acceptors (Lipinski definition) is 10. The number of nitrogens with zero attached hydrogens (tertiary/aromatic N) is 8. The largest absolute Gasteiger partial charge is 0.497 e. The van der Waals surface area contributed by atoms with Gasteiger partial charge in [-0.3, -0.25) is 14.5 Å². The second-order valence-corrected chi connectivity index (χ2v) is 9.08. The molecule has 0 aliphatic rings. The summed E-state index contributed by atoms with van der Waals surface area (Å²) >= 11 is 0. The van der Waals surface area contributed by atoms with E-state index in [-0.39, 0.29) is 12.5 Å². The van der Waals surface area contributed by atoms with E-state index in [0.717, 1.165) is 33.5 Å². The van der Waals surface area contributed by atoms with Crippen molar-refractivity contribution in [3.05, 3.63) is 72.4 Å². The van der Waals surface area contributed by atoms with E-state index in [9.17, 15) is 4.79 Å². The van der Waals surface area contributed by atoms with Crippen LogP contribution >= 0.6 is 0 Å². The van der Waals surface area contributed by atoms with Crippen molar-refractivity contribution in [2.45, 2.75) is 26.6 Å². The van der Waals surface area contributed by atoms with Crippen LogP contribution in [0.5, 0.6) is 11.5 Å². The predicted molar refractivity (Wildman–Crippen MR) is 148 cm³/mol. The third kappa shape index (κ3) is 6.01. The molecule has 0 saturated carbocycles. The van der Waals surface area contributed by atoms with Crippen LogP contribution in [0.25, 0.3) is 22.3 Å². The van der Waals surface area contributed by atoms with E-state index < -0.39 is 0 Å². The number of anilines is 1. The van der Waals surface area contributed by atoms with E-state index >= 15 is 0 Å². The summed E-state index contributed by atoms with van der Waals surface area (Å²) < 4.78 is 19.3. The molecular weight excluding hydrogens is 512 g/mol. The molecular formula is C28H30N8O4. The highest BCUT2D eigenvalue weighted by Gasteiger charge is 2.17. The second-order valence-electron chi connectivity index (χ2n) is 9.08. The van der Waals surface area contributed by atoms with Crippen LogP contribution < -0.4 is 14.4 Å². The zero-order valence-corrected chi connectivity index (χ0v) is 22.8. The first-order valence-corrected chi connectivity index (χ1v) is 12.7. The fourth-order valence-corrected chi connectivity index (χ4v) is 4.34. The Morgan fingerprint density at radius 2 is 1.88 bits per heavy atom. The Kier molecular flexibility index (Phi) is 7.85. The molecule has 0 fully saturated rings. The minimum Gasteiger partial charge on any atom is -0.497 e. The lowest BCUT2D eigenvalue weighted by Gasteiger charge is -2.25. The quantitative estimate of drug-likeness (QED) is 0.230. The van der Waals surface area contributed by atoms with Gasteiger partial charge in [0, 0.05) is 42.7 Å². The van der Waals surface area contributed by atoms with Gasteiger partial charge in [-0.1, -0.05) is 5.21 Å².